The number of anilines is 2. The van der Waals surface area contributed by atoms with E-state index in [4.69, 9.17) is 21.1 Å². The van der Waals surface area contributed by atoms with Crippen molar-refractivity contribution in [2.75, 3.05) is 33.1 Å². The van der Waals surface area contributed by atoms with Crippen LogP contribution in [0.25, 0.3) is 10.9 Å². The lowest BCUT2D eigenvalue weighted by atomic mass is 9.91. The lowest BCUT2D eigenvalue weighted by Gasteiger charge is -2.38. The third kappa shape index (κ3) is 5.73. The second-order valence-corrected chi connectivity index (χ2v) is 10.8. The maximum atomic E-state index is 14.5. The molecular formula is C28H33ClFN5O4. The number of ether oxygens (including phenoxy) is 2. The summed E-state index contributed by atoms with van der Waals surface area (Å²) in [6.45, 7) is 0.516. The van der Waals surface area contributed by atoms with Crippen LogP contribution in [0.1, 0.15) is 32.1 Å². The average Bonchev–Trinajstić information content (AvgIpc) is 3.32. The Morgan fingerprint density at radius 1 is 1.18 bits per heavy atom. The first-order valence-electron chi connectivity index (χ1n) is 13.1. The van der Waals surface area contributed by atoms with Gasteiger partial charge in [-0.05, 0) is 50.3 Å². The second kappa shape index (κ2) is 11.5. The van der Waals surface area contributed by atoms with Gasteiger partial charge in [0.15, 0.2) is 17.3 Å². The van der Waals surface area contributed by atoms with Gasteiger partial charge in [0.2, 0.25) is 5.91 Å². The third-order valence-corrected chi connectivity index (χ3v) is 7.87. The Balaban J connectivity index is 1.32. The summed E-state index contributed by atoms with van der Waals surface area (Å²) in [4.78, 5) is 25.1. The number of likely N-dealkylation sites (tertiary alicyclic amines) is 1. The number of β-amino-alcohol motifs (C(OH)–C–C–N with tert-alkyl or cyclic N) is 1. The molecule has 1 saturated carbocycles. The van der Waals surface area contributed by atoms with Gasteiger partial charge >= 0.3 is 0 Å². The Hall–Kier alpha value is -3.21. The first kappa shape index (κ1) is 27.4. The van der Waals surface area contributed by atoms with Gasteiger partial charge < -0.3 is 24.8 Å². The molecule has 208 valence electrons. The van der Waals surface area contributed by atoms with Gasteiger partial charge in [-0.15, -0.1) is 0 Å². The summed E-state index contributed by atoms with van der Waals surface area (Å²) in [5.41, 5.74) is 0.823. The molecule has 0 unspecified atom stereocenters. The highest BCUT2D eigenvalue weighted by molar-refractivity contribution is 6.31. The fourth-order valence-electron chi connectivity index (χ4n) is 5.60. The Bertz CT molecular complexity index is 1350. The van der Waals surface area contributed by atoms with Gasteiger partial charge in [0.1, 0.15) is 12.1 Å². The predicted molar refractivity (Wildman–Crippen MR) is 147 cm³/mol. The summed E-state index contributed by atoms with van der Waals surface area (Å²) >= 11 is 5.95. The standard InChI is InChI=1S/C28H33ClFN5O4/c1-34(2)28(37)23-11-17(36)14-35(23)16-7-9-18(10-8-16)39-25-12-19-22(13-24(25)38-3)31-15-32-27(19)33-21-6-4-5-20(29)26(21)30/h4-6,12-13,15-18,23,36H,7-11,14H2,1-3H3,(H,31,32,33)/t16?,17-,18?,23-/m1/s1. The first-order valence-corrected chi connectivity index (χ1v) is 13.5. The molecule has 2 N–H and O–H groups in total. The number of rotatable bonds is 7. The molecule has 1 aromatic heterocycles. The molecule has 3 aromatic rings. The highest BCUT2D eigenvalue weighted by Gasteiger charge is 2.41. The minimum Gasteiger partial charge on any atom is -0.493 e. The average molecular weight is 558 g/mol. The smallest absolute Gasteiger partial charge is 0.239 e. The maximum absolute atomic E-state index is 14.5. The van der Waals surface area contributed by atoms with Gasteiger partial charge in [-0.1, -0.05) is 17.7 Å². The number of aliphatic hydroxyl groups is 1. The van der Waals surface area contributed by atoms with Crippen LogP contribution in [-0.2, 0) is 4.79 Å². The molecule has 0 radical (unpaired) electrons. The van der Waals surface area contributed by atoms with Crippen molar-refractivity contribution in [2.24, 2.45) is 0 Å². The molecule has 2 aromatic carbocycles. The van der Waals surface area contributed by atoms with E-state index in [0.29, 0.717) is 41.2 Å². The lowest BCUT2D eigenvalue weighted by Crippen LogP contribution is -2.49. The van der Waals surface area contributed by atoms with Crippen molar-refractivity contribution < 1.29 is 23.8 Å². The first-order chi connectivity index (χ1) is 18.7. The van der Waals surface area contributed by atoms with Crippen LogP contribution < -0.4 is 14.8 Å². The van der Waals surface area contributed by atoms with E-state index < -0.39 is 11.9 Å². The fraction of sp³-hybridized carbons (Fsp3) is 0.464. The van der Waals surface area contributed by atoms with E-state index in [-0.39, 0.29) is 34.8 Å². The topological polar surface area (TPSA) is 100 Å². The number of amides is 1. The summed E-state index contributed by atoms with van der Waals surface area (Å²) in [5, 5.41) is 14.0. The zero-order valence-corrected chi connectivity index (χ0v) is 23.0. The normalized spacial score (nSPS) is 23.5. The molecule has 2 atom stereocenters. The summed E-state index contributed by atoms with van der Waals surface area (Å²) in [6.07, 6.45) is 4.64. The van der Waals surface area contributed by atoms with Gasteiger partial charge in [0.25, 0.3) is 0 Å². The number of carbonyl (C=O) groups is 1. The summed E-state index contributed by atoms with van der Waals surface area (Å²) < 4.78 is 26.6. The fourth-order valence-corrected chi connectivity index (χ4v) is 5.77. The minimum atomic E-state index is -0.562. The number of likely N-dealkylation sites (N-methyl/N-ethyl adjacent to an activating group) is 1. The number of aromatic nitrogens is 2. The number of benzene rings is 2. The Labute approximate surface area is 231 Å². The predicted octanol–water partition coefficient (Wildman–Crippen LogP) is 4.39. The molecule has 1 aliphatic carbocycles. The number of methoxy groups -OCH3 is 1. The summed E-state index contributed by atoms with van der Waals surface area (Å²) in [7, 11) is 5.09. The number of fused-ring (bicyclic) bond motifs is 1. The summed E-state index contributed by atoms with van der Waals surface area (Å²) in [5.74, 6) is 0.988. The quantitative estimate of drug-likeness (QED) is 0.441. The number of nitrogens with one attached hydrogen (secondary N) is 1. The van der Waals surface area contributed by atoms with E-state index in [9.17, 15) is 14.3 Å². The highest BCUT2D eigenvalue weighted by Crippen LogP contribution is 2.38. The Morgan fingerprint density at radius 3 is 2.67 bits per heavy atom. The van der Waals surface area contributed by atoms with Gasteiger partial charge in [-0.2, -0.15) is 0 Å². The molecule has 2 heterocycles. The van der Waals surface area contributed by atoms with Crippen LogP contribution in [0.15, 0.2) is 36.7 Å². The SMILES string of the molecule is COc1cc2ncnc(Nc3cccc(Cl)c3F)c2cc1OC1CCC(N2C[C@H](O)C[C@@H]2C(=O)N(C)C)CC1. The molecule has 1 aliphatic heterocycles. The molecule has 2 aliphatic rings. The molecule has 0 spiro atoms. The Kier molecular flexibility index (Phi) is 8.06. The van der Waals surface area contributed by atoms with E-state index in [2.05, 4.69) is 20.2 Å². The van der Waals surface area contributed by atoms with Crippen molar-refractivity contribution in [3.05, 3.63) is 47.5 Å². The number of aliphatic hydroxyl groups excluding tert-OH is 1. The number of halogens is 2. The number of hydrogen-bond donors (Lipinski definition) is 2. The van der Waals surface area contributed by atoms with E-state index >= 15 is 0 Å². The van der Waals surface area contributed by atoms with Gasteiger partial charge in [-0.3, -0.25) is 9.69 Å². The highest BCUT2D eigenvalue weighted by atomic mass is 35.5. The molecule has 9 nitrogen and oxygen atoms in total. The molecule has 0 bridgehead atoms. The summed E-state index contributed by atoms with van der Waals surface area (Å²) in [6, 6.07) is 8.25. The van der Waals surface area contributed by atoms with Crippen LogP contribution in [0.2, 0.25) is 5.02 Å². The third-order valence-electron chi connectivity index (χ3n) is 7.57. The number of carbonyl (C=O) groups excluding carboxylic acids is 1. The van der Waals surface area contributed by atoms with Crippen LogP contribution >= 0.6 is 11.6 Å². The molecule has 5 rings (SSSR count). The number of nitrogens with zero attached hydrogens (tertiary/aromatic N) is 4. The van der Waals surface area contributed by atoms with Crippen molar-refractivity contribution >= 4 is 39.9 Å². The molecule has 39 heavy (non-hydrogen) atoms. The number of hydrogen-bond acceptors (Lipinski definition) is 8. The molecular weight excluding hydrogens is 525 g/mol. The van der Waals surface area contributed by atoms with Crippen molar-refractivity contribution in [2.45, 2.75) is 56.4 Å². The van der Waals surface area contributed by atoms with E-state index in [1.54, 1.807) is 44.3 Å². The zero-order chi connectivity index (χ0) is 27.7. The van der Waals surface area contributed by atoms with Crippen LogP contribution in [-0.4, -0.2) is 82.8 Å². The minimum absolute atomic E-state index is 0.0143. The molecule has 2 fully saturated rings. The van der Waals surface area contributed by atoms with Crippen LogP contribution in [0.3, 0.4) is 0 Å². The molecule has 1 amide bonds. The van der Waals surface area contributed by atoms with Crippen LogP contribution in [0.4, 0.5) is 15.9 Å². The Morgan fingerprint density at radius 2 is 1.95 bits per heavy atom. The van der Waals surface area contributed by atoms with E-state index in [1.165, 1.54) is 12.4 Å². The largest absolute Gasteiger partial charge is 0.493 e. The monoisotopic (exact) mass is 557 g/mol. The second-order valence-electron chi connectivity index (χ2n) is 10.4. The van der Waals surface area contributed by atoms with Gasteiger partial charge in [-0.25, -0.2) is 14.4 Å². The van der Waals surface area contributed by atoms with Crippen molar-refractivity contribution in [3.8, 4) is 11.5 Å². The van der Waals surface area contributed by atoms with Crippen molar-refractivity contribution in [1.82, 2.24) is 19.8 Å². The van der Waals surface area contributed by atoms with E-state index in [0.717, 1.165) is 25.7 Å². The van der Waals surface area contributed by atoms with Crippen molar-refractivity contribution in [1.29, 1.82) is 0 Å². The maximum Gasteiger partial charge on any atom is 0.239 e. The van der Waals surface area contributed by atoms with Gasteiger partial charge in [0.05, 0.1) is 41.6 Å². The van der Waals surface area contributed by atoms with Crippen molar-refractivity contribution in [3.63, 3.8) is 0 Å². The molecule has 11 heteroatoms. The van der Waals surface area contributed by atoms with Gasteiger partial charge in [0, 0.05) is 38.1 Å². The molecule has 1 saturated heterocycles. The van der Waals surface area contributed by atoms with Crippen LogP contribution in [0.5, 0.6) is 11.5 Å². The zero-order valence-electron chi connectivity index (χ0n) is 22.2. The van der Waals surface area contributed by atoms with E-state index in [1.807, 2.05) is 6.07 Å². The lowest BCUT2D eigenvalue weighted by molar-refractivity contribution is -0.134. The van der Waals surface area contributed by atoms with Crippen LogP contribution in [0, 0.1) is 5.82 Å².